The summed E-state index contributed by atoms with van der Waals surface area (Å²) in [5.74, 6) is -0.132. The highest BCUT2D eigenvalue weighted by atomic mass is 19.1. The number of aliphatic hydroxyl groups excluding tert-OH is 1. The predicted octanol–water partition coefficient (Wildman–Crippen LogP) is 7.33. The van der Waals surface area contributed by atoms with Crippen LogP contribution in [-0.2, 0) is 22.4 Å². The summed E-state index contributed by atoms with van der Waals surface area (Å²) in [4.78, 5) is 25.4. The lowest BCUT2D eigenvalue weighted by Gasteiger charge is -2.31. The number of aliphatic imine (C=N–C) groups is 1. The molecule has 4 aromatic carbocycles. The van der Waals surface area contributed by atoms with Gasteiger partial charge in [-0.2, -0.15) is 0 Å². The van der Waals surface area contributed by atoms with E-state index in [-0.39, 0.29) is 37.0 Å². The molecular weight excluding hydrogens is 603 g/mol. The molecule has 0 unspecified atom stereocenters. The van der Waals surface area contributed by atoms with Crippen LogP contribution in [-0.4, -0.2) is 42.2 Å². The molecule has 12 nitrogen and oxygen atoms in total. The molecule has 47 heavy (non-hydrogen) atoms. The summed E-state index contributed by atoms with van der Waals surface area (Å²) >= 11 is 0. The number of benzene rings is 4. The Kier molecular flexibility index (Phi) is 10.7. The van der Waals surface area contributed by atoms with Gasteiger partial charge in [0.2, 0.25) is 5.90 Å². The lowest BCUT2D eigenvalue weighted by atomic mass is 9.81. The van der Waals surface area contributed by atoms with Gasteiger partial charge in [-0.3, -0.25) is 4.79 Å². The van der Waals surface area contributed by atoms with Crippen LogP contribution in [0.25, 0.3) is 20.9 Å². The second-order valence-corrected chi connectivity index (χ2v) is 10.7. The van der Waals surface area contributed by atoms with E-state index in [0.29, 0.717) is 53.1 Å². The molecule has 1 aliphatic rings. The molecule has 2 N–H and O–H groups in total. The van der Waals surface area contributed by atoms with Crippen molar-refractivity contribution in [2.75, 3.05) is 19.8 Å². The fourth-order valence-electron chi connectivity index (χ4n) is 5.37. The molecule has 0 saturated carbocycles. The van der Waals surface area contributed by atoms with E-state index < -0.39 is 17.6 Å². The van der Waals surface area contributed by atoms with Gasteiger partial charge in [-0.1, -0.05) is 70.9 Å². The number of rotatable bonds is 14. The number of nitrogens with zero attached hydrogens (tertiary/aromatic N) is 7. The maximum Gasteiger partial charge on any atom is 0.252 e. The zero-order valence-electron chi connectivity index (χ0n) is 25.2. The van der Waals surface area contributed by atoms with E-state index in [1.807, 2.05) is 0 Å². The van der Waals surface area contributed by atoms with Gasteiger partial charge >= 0.3 is 0 Å². The Labute approximate surface area is 269 Å². The minimum absolute atomic E-state index is 0.0105. The van der Waals surface area contributed by atoms with Crippen LogP contribution in [0.15, 0.2) is 112 Å². The molecule has 13 heteroatoms. The van der Waals surface area contributed by atoms with Gasteiger partial charge in [0, 0.05) is 58.3 Å². The number of nitrogens with one attached hydrogen (secondary N) is 1. The first-order valence-electron chi connectivity index (χ1n) is 14.9. The first-order chi connectivity index (χ1) is 23.0. The normalized spacial score (nSPS) is 16.6. The molecule has 0 saturated heterocycles. The number of azide groups is 2. The van der Waals surface area contributed by atoms with Crippen molar-refractivity contribution in [1.82, 2.24) is 5.32 Å². The van der Waals surface area contributed by atoms with Crippen molar-refractivity contribution in [2.45, 2.75) is 30.9 Å². The lowest BCUT2D eigenvalue weighted by molar-refractivity contribution is -0.128. The molecule has 5 rings (SSSR count). The van der Waals surface area contributed by atoms with Crippen LogP contribution < -0.4 is 10.1 Å². The summed E-state index contributed by atoms with van der Waals surface area (Å²) in [6.07, 6.45) is -0.287. The van der Waals surface area contributed by atoms with Crippen molar-refractivity contribution in [1.29, 1.82) is 0 Å². The summed E-state index contributed by atoms with van der Waals surface area (Å²) < 4.78 is 26.0. The Morgan fingerprint density at radius 3 is 2.45 bits per heavy atom. The van der Waals surface area contributed by atoms with E-state index in [9.17, 15) is 20.2 Å². The van der Waals surface area contributed by atoms with E-state index in [1.54, 1.807) is 84.9 Å². The van der Waals surface area contributed by atoms with Crippen LogP contribution in [0.1, 0.15) is 34.8 Å². The highest BCUT2D eigenvalue weighted by molar-refractivity contribution is 6.01. The van der Waals surface area contributed by atoms with E-state index in [4.69, 9.17) is 19.6 Å². The van der Waals surface area contributed by atoms with Gasteiger partial charge in [0.1, 0.15) is 11.6 Å². The Hall–Kier alpha value is -5.87. The second kappa shape index (κ2) is 15.4. The fraction of sp³-hybridized carbons (Fsp3) is 0.235. The van der Waals surface area contributed by atoms with Crippen LogP contribution >= 0.6 is 0 Å². The third-order valence-electron chi connectivity index (χ3n) is 7.59. The van der Waals surface area contributed by atoms with Crippen molar-refractivity contribution >= 4 is 23.2 Å². The Morgan fingerprint density at radius 2 is 1.70 bits per heavy atom. The molecule has 0 aromatic heterocycles. The minimum Gasteiger partial charge on any atom is -0.494 e. The maximum absolute atomic E-state index is 14.5. The SMILES string of the molecule is [N-]=[N+]=Nc1ccccc1C[C@@]1(C(=O)NCCc2cccc(F)c2)N=C(c2ccc(OCCCO)cc2)O[C@@H]1c1ccccc1N=[N+]=[N-]. The average Bonchev–Trinajstić information content (AvgIpc) is 3.47. The summed E-state index contributed by atoms with van der Waals surface area (Å²) in [7, 11) is 0. The van der Waals surface area contributed by atoms with Gasteiger partial charge < -0.3 is 19.9 Å². The van der Waals surface area contributed by atoms with Crippen LogP contribution in [0.3, 0.4) is 0 Å². The number of carbonyl (C=O) groups is 1. The second-order valence-electron chi connectivity index (χ2n) is 10.7. The maximum atomic E-state index is 14.5. The molecule has 238 valence electrons. The fourth-order valence-corrected chi connectivity index (χ4v) is 5.37. The van der Waals surface area contributed by atoms with Crippen LogP contribution in [0, 0.1) is 5.82 Å². The van der Waals surface area contributed by atoms with E-state index >= 15 is 0 Å². The van der Waals surface area contributed by atoms with Crippen molar-refractivity contribution in [2.24, 2.45) is 15.2 Å². The van der Waals surface area contributed by atoms with Crippen molar-refractivity contribution in [3.63, 3.8) is 0 Å². The quantitative estimate of drug-likeness (QED) is 0.0639. The molecular formula is C34H31FN8O4. The Bertz CT molecular complexity index is 1860. The topological polar surface area (TPSA) is 178 Å². The highest BCUT2D eigenvalue weighted by Crippen LogP contribution is 2.46. The van der Waals surface area contributed by atoms with Crippen molar-refractivity contribution in [3.8, 4) is 5.75 Å². The molecule has 1 amide bonds. The van der Waals surface area contributed by atoms with Gasteiger partial charge in [-0.15, -0.1) is 0 Å². The number of hydrogen-bond acceptors (Lipinski definition) is 7. The standard InChI is InChI=1S/C34H31FN8O4/c35-26-9-5-7-23(21-26)17-18-38-33(45)34(22-25-8-1-3-11-29(25)40-42-36)31(28-10-2-4-12-30(28)41-43-37)47-32(39-34)24-13-15-27(16-14-24)46-20-6-19-44/h1-5,7-16,21,31,44H,6,17-20,22H2,(H,38,45)/t31-,34-/m1/s1. The van der Waals surface area contributed by atoms with Gasteiger partial charge in [0.05, 0.1) is 6.61 Å². The average molecular weight is 635 g/mol. The van der Waals surface area contributed by atoms with Crippen LogP contribution in [0.2, 0.25) is 0 Å². The Balaban J connectivity index is 1.60. The van der Waals surface area contributed by atoms with Crippen LogP contribution in [0.5, 0.6) is 5.75 Å². The monoisotopic (exact) mass is 634 g/mol. The molecule has 2 atom stereocenters. The summed E-state index contributed by atoms with van der Waals surface area (Å²) in [6, 6.07) is 26.7. The highest BCUT2D eigenvalue weighted by Gasteiger charge is 2.54. The summed E-state index contributed by atoms with van der Waals surface area (Å²) in [6.45, 7) is 0.517. The minimum atomic E-state index is -1.67. The number of ether oxygens (including phenoxy) is 2. The van der Waals surface area contributed by atoms with Crippen LogP contribution in [0.4, 0.5) is 15.8 Å². The zero-order valence-corrected chi connectivity index (χ0v) is 25.2. The summed E-state index contributed by atoms with van der Waals surface area (Å²) in [5, 5.41) is 19.7. The van der Waals surface area contributed by atoms with Crippen molar-refractivity contribution < 1.29 is 23.8 Å². The molecule has 0 bridgehead atoms. The number of hydrogen-bond donors (Lipinski definition) is 2. The smallest absolute Gasteiger partial charge is 0.252 e. The van der Waals surface area contributed by atoms with E-state index in [2.05, 4.69) is 25.4 Å². The molecule has 1 aliphatic heterocycles. The number of carbonyl (C=O) groups excluding carboxylic acids is 1. The zero-order chi connectivity index (χ0) is 33.1. The first-order valence-corrected chi connectivity index (χ1v) is 14.9. The third-order valence-corrected chi connectivity index (χ3v) is 7.59. The molecule has 0 radical (unpaired) electrons. The van der Waals surface area contributed by atoms with Crippen molar-refractivity contribution in [3.05, 3.63) is 146 Å². The number of halogens is 1. The first kappa shape index (κ1) is 32.5. The molecule has 0 fully saturated rings. The van der Waals surface area contributed by atoms with E-state index in [1.165, 1.54) is 12.1 Å². The molecule has 0 aliphatic carbocycles. The third kappa shape index (κ3) is 7.69. The molecule has 1 heterocycles. The number of aliphatic hydroxyl groups is 1. The number of amides is 1. The van der Waals surface area contributed by atoms with Gasteiger partial charge in [0.15, 0.2) is 11.6 Å². The van der Waals surface area contributed by atoms with Gasteiger partial charge in [-0.05, 0) is 65.0 Å². The largest absolute Gasteiger partial charge is 0.494 e. The van der Waals surface area contributed by atoms with E-state index in [0.717, 1.165) is 0 Å². The molecule has 0 spiro atoms. The van der Waals surface area contributed by atoms with Gasteiger partial charge in [0.25, 0.3) is 5.91 Å². The van der Waals surface area contributed by atoms with Gasteiger partial charge in [-0.25, -0.2) is 9.38 Å². The lowest BCUT2D eigenvalue weighted by Crippen LogP contribution is -2.50. The molecule has 4 aromatic rings. The predicted molar refractivity (Wildman–Crippen MR) is 174 cm³/mol. The Morgan fingerprint density at radius 1 is 0.979 bits per heavy atom. The summed E-state index contributed by atoms with van der Waals surface area (Å²) in [5.41, 5.74) is 19.7.